The molecule has 0 saturated heterocycles. The van der Waals surface area contributed by atoms with Crippen LogP contribution in [0.4, 0.5) is 0 Å². The van der Waals surface area contributed by atoms with Gasteiger partial charge in [0.05, 0.1) is 5.60 Å². The summed E-state index contributed by atoms with van der Waals surface area (Å²) < 4.78 is 2.63. The Bertz CT molecular complexity index is 803. The average Bonchev–Trinajstić information content (AvgIpc) is 2.82. The summed E-state index contributed by atoms with van der Waals surface area (Å²) in [5, 5.41) is 13.4. The number of likely N-dealkylation sites (N-methyl/N-ethyl adjacent to an activating group) is 1. The Hall–Kier alpha value is -1.42. The molecule has 3 heteroatoms. The Morgan fingerprint density at radius 3 is 2.50 bits per heavy atom. The highest BCUT2D eigenvalue weighted by molar-refractivity contribution is 7.25. The second kappa shape index (κ2) is 5.65. The van der Waals surface area contributed by atoms with Gasteiger partial charge in [-0.05, 0) is 44.8 Å². The van der Waals surface area contributed by atoms with E-state index in [0.717, 1.165) is 0 Å². The highest BCUT2D eigenvalue weighted by Crippen LogP contribution is 2.37. The summed E-state index contributed by atoms with van der Waals surface area (Å²) in [6.45, 7) is 4.68. The van der Waals surface area contributed by atoms with Crippen LogP contribution in [0.5, 0.6) is 0 Å². The molecule has 0 saturated carbocycles. The van der Waals surface area contributed by atoms with Crippen molar-refractivity contribution in [2.24, 2.45) is 0 Å². The smallest absolute Gasteiger partial charge is 0.0811 e. The fraction of sp³-hybridized carbons (Fsp3) is 0.368. The largest absolute Gasteiger partial charge is 0.388 e. The van der Waals surface area contributed by atoms with Crippen LogP contribution in [0.15, 0.2) is 42.5 Å². The normalized spacial score (nSPS) is 16.3. The zero-order valence-electron chi connectivity index (χ0n) is 13.6. The van der Waals surface area contributed by atoms with Crippen LogP contribution in [-0.4, -0.2) is 36.2 Å². The van der Waals surface area contributed by atoms with Crippen LogP contribution < -0.4 is 0 Å². The predicted molar refractivity (Wildman–Crippen MR) is 96.9 cm³/mol. The van der Waals surface area contributed by atoms with Crippen LogP contribution in [0.25, 0.3) is 20.2 Å². The molecule has 1 heterocycles. The SMILES string of the molecule is CC(c1ccc2sc3ccccc3c2c1)C(C)(O)CN(C)C. The maximum Gasteiger partial charge on any atom is 0.0811 e. The minimum Gasteiger partial charge on any atom is -0.388 e. The monoisotopic (exact) mass is 313 g/mol. The van der Waals surface area contributed by atoms with Gasteiger partial charge in [0.25, 0.3) is 0 Å². The molecule has 0 bridgehead atoms. The Morgan fingerprint density at radius 1 is 1.09 bits per heavy atom. The molecule has 116 valence electrons. The molecule has 0 aliphatic heterocycles. The van der Waals surface area contributed by atoms with Crippen LogP contribution in [0.1, 0.15) is 25.3 Å². The molecule has 0 aliphatic carbocycles. The van der Waals surface area contributed by atoms with Gasteiger partial charge in [0.1, 0.15) is 0 Å². The van der Waals surface area contributed by atoms with Crippen LogP contribution in [0.2, 0.25) is 0 Å². The molecule has 3 rings (SSSR count). The number of benzene rings is 2. The van der Waals surface area contributed by atoms with Gasteiger partial charge in [-0.25, -0.2) is 0 Å². The molecule has 22 heavy (non-hydrogen) atoms. The van der Waals surface area contributed by atoms with E-state index in [2.05, 4.69) is 49.4 Å². The van der Waals surface area contributed by atoms with Crippen molar-refractivity contribution in [1.82, 2.24) is 4.90 Å². The fourth-order valence-corrected chi connectivity index (χ4v) is 4.24. The van der Waals surface area contributed by atoms with Crippen LogP contribution in [-0.2, 0) is 0 Å². The van der Waals surface area contributed by atoms with E-state index in [4.69, 9.17) is 0 Å². The molecule has 0 radical (unpaired) electrons. The fourth-order valence-electron chi connectivity index (χ4n) is 3.15. The second-order valence-electron chi connectivity index (χ2n) is 6.67. The third kappa shape index (κ3) is 2.76. The summed E-state index contributed by atoms with van der Waals surface area (Å²) in [6, 6.07) is 15.1. The van der Waals surface area contributed by atoms with Crippen molar-refractivity contribution in [1.29, 1.82) is 0 Å². The highest BCUT2D eigenvalue weighted by atomic mass is 32.1. The van der Waals surface area contributed by atoms with Crippen molar-refractivity contribution in [3.63, 3.8) is 0 Å². The van der Waals surface area contributed by atoms with Crippen molar-refractivity contribution >= 4 is 31.5 Å². The molecule has 2 nitrogen and oxygen atoms in total. The zero-order chi connectivity index (χ0) is 15.9. The van der Waals surface area contributed by atoms with E-state index in [1.54, 1.807) is 0 Å². The molecule has 2 unspecified atom stereocenters. The topological polar surface area (TPSA) is 23.5 Å². The van der Waals surface area contributed by atoms with Crippen molar-refractivity contribution in [2.45, 2.75) is 25.4 Å². The maximum absolute atomic E-state index is 10.8. The molecular weight excluding hydrogens is 290 g/mol. The van der Waals surface area contributed by atoms with Crippen LogP contribution in [0, 0.1) is 0 Å². The van der Waals surface area contributed by atoms with E-state index in [-0.39, 0.29) is 5.92 Å². The second-order valence-corrected chi connectivity index (χ2v) is 7.75. The number of rotatable bonds is 4. The number of hydrogen-bond acceptors (Lipinski definition) is 3. The van der Waals surface area contributed by atoms with Gasteiger partial charge in [0.15, 0.2) is 0 Å². The van der Waals surface area contributed by atoms with Crippen LogP contribution in [0.3, 0.4) is 0 Å². The quantitative estimate of drug-likeness (QED) is 0.768. The summed E-state index contributed by atoms with van der Waals surface area (Å²) in [5.74, 6) is 0.0814. The summed E-state index contributed by atoms with van der Waals surface area (Å²) in [4.78, 5) is 2.04. The maximum atomic E-state index is 10.8. The lowest BCUT2D eigenvalue weighted by Crippen LogP contribution is -2.41. The first-order valence-corrected chi connectivity index (χ1v) is 8.48. The predicted octanol–water partition coefficient (Wildman–Crippen LogP) is 4.47. The van der Waals surface area contributed by atoms with E-state index < -0.39 is 5.60 Å². The highest BCUT2D eigenvalue weighted by Gasteiger charge is 2.30. The summed E-state index contributed by atoms with van der Waals surface area (Å²) in [6.07, 6.45) is 0. The van der Waals surface area contributed by atoms with E-state index >= 15 is 0 Å². The summed E-state index contributed by atoms with van der Waals surface area (Å²) in [7, 11) is 3.99. The average molecular weight is 313 g/mol. The van der Waals surface area contributed by atoms with Gasteiger partial charge >= 0.3 is 0 Å². The lowest BCUT2D eigenvalue weighted by molar-refractivity contribution is 0.0124. The van der Waals surface area contributed by atoms with Gasteiger partial charge in [-0.2, -0.15) is 0 Å². The van der Waals surface area contributed by atoms with Gasteiger partial charge in [-0.1, -0.05) is 31.2 Å². The van der Waals surface area contributed by atoms with Gasteiger partial charge in [0.2, 0.25) is 0 Å². The minimum absolute atomic E-state index is 0.0814. The van der Waals surface area contributed by atoms with Gasteiger partial charge in [-0.3, -0.25) is 0 Å². The first-order chi connectivity index (χ1) is 10.4. The minimum atomic E-state index is -0.747. The molecule has 0 fully saturated rings. The van der Waals surface area contributed by atoms with E-state index in [0.29, 0.717) is 6.54 Å². The van der Waals surface area contributed by atoms with Crippen molar-refractivity contribution in [3.8, 4) is 0 Å². The Morgan fingerprint density at radius 2 is 1.77 bits per heavy atom. The van der Waals surface area contributed by atoms with Gasteiger partial charge in [0, 0.05) is 32.6 Å². The molecule has 3 aromatic rings. The number of thiophene rings is 1. The number of hydrogen-bond donors (Lipinski definition) is 1. The van der Waals surface area contributed by atoms with Crippen molar-refractivity contribution in [3.05, 3.63) is 48.0 Å². The lowest BCUT2D eigenvalue weighted by atomic mass is 9.84. The molecule has 1 aromatic heterocycles. The third-order valence-corrected chi connectivity index (χ3v) is 5.62. The van der Waals surface area contributed by atoms with Crippen LogP contribution >= 0.6 is 11.3 Å². The zero-order valence-corrected chi connectivity index (χ0v) is 14.4. The lowest BCUT2D eigenvalue weighted by Gasteiger charge is -2.33. The number of aliphatic hydroxyl groups is 1. The van der Waals surface area contributed by atoms with Gasteiger partial charge < -0.3 is 10.0 Å². The number of nitrogens with zero attached hydrogens (tertiary/aromatic N) is 1. The van der Waals surface area contributed by atoms with Gasteiger partial charge in [-0.15, -0.1) is 11.3 Å². The third-order valence-electron chi connectivity index (χ3n) is 4.47. The number of fused-ring (bicyclic) bond motifs is 3. The molecule has 0 spiro atoms. The Kier molecular flexibility index (Phi) is 3.98. The first kappa shape index (κ1) is 15.5. The molecule has 0 aliphatic rings. The van der Waals surface area contributed by atoms with E-state index in [9.17, 15) is 5.11 Å². The summed E-state index contributed by atoms with van der Waals surface area (Å²) >= 11 is 1.83. The molecule has 2 aromatic carbocycles. The molecule has 2 atom stereocenters. The van der Waals surface area contributed by atoms with Crippen molar-refractivity contribution < 1.29 is 5.11 Å². The Balaban J connectivity index is 2.06. The standard InChI is InChI=1S/C19H23NOS/c1-13(19(2,21)12-20(3)4)14-9-10-18-16(11-14)15-7-5-6-8-17(15)22-18/h5-11,13,21H,12H2,1-4H3. The molecule has 0 amide bonds. The van der Waals surface area contributed by atoms with E-state index in [1.807, 2.05) is 37.3 Å². The first-order valence-electron chi connectivity index (χ1n) is 7.67. The molecule has 1 N–H and O–H groups in total. The molecular formula is C19H23NOS. The Labute approximate surface area is 136 Å². The van der Waals surface area contributed by atoms with Crippen molar-refractivity contribution in [2.75, 3.05) is 20.6 Å². The summed E-state index contributed by atoms with van der Waals surface area (Å²) in [5.41, 5.74) is 0.450. The van der Waals surface area contributed by atoms with E-state index in [1.165, 1.54) is 25.7 Å².